The molecule has 2 aromatic rings. The lowest BCUT2D eigenvalue weighted by atomic mass is 9.97. The van der Waals surface area contributed by atoms with Crippen LogP contribution in [0.3, 0.4) is 0 Å². The summed E-state index contributed by atoms with van der Waals surface area (Å²) in [5.74, 6) is 2.49. The van der Waals surface area contributed by atoms with E-state index in [2.05, 4.69) is 38.6 Å². The highest BCUT2D eigenvalue weighted by Crippen LogP contribution is 2.21. The molecule has 22 heavy (non-hydrogen) atoms. The molecular formula is C17H24N4O. The summed E-state index contributed by atoms with van der Waals surface area (Å²) in [5.41, 5.74) is 1.25. The van der Waals surface area contributed by atoms with Crippen molar-refractivity contribution in [2.75, 3.05) is 20.2 Å². The van der Waals surface area contributed by atoms with Gasteiger partial charge in [-0.1, -0.05) is 6.07 Å². The maximum Gasteiger partial charge on any atom is 0.212 e. The Kier molecular flexibility index (Phi) is 4.73. The Morgan fingerprint density at radius 3 is 2.91 bits per heavy atom. The van der Waals surface area contributed by atoms with Gasteiger partial charge in [0.15, 0.2) is 0 Å². The third-order valence-corrected chi connectivity index (χ3v) is 4.39. The Balaban J connectivity index is 1.57. The summed E-state index contributed by atoms with van der Waals surface area (Å²) >= 11 is 0. The van der Waals surface area contributed by atoms with Gasteiger partial charge in [0.25, 0.3) is 0 Å². The molecule has 0 N–H and O–H groups in total. The van der Waals surface area contributed by atoms with Crippen LogP contribution in [0.2, 0.25) is 0 Å². The Morgan fingerprint density at radius 1 is 1.32 bits per heavy atom. The number of nitrogens with zero attached hydrogens (tertiary/aromatic N) is 4. The minimum absolute atomic E-state index is 0.677. The van der Waals surface area contributed by atoms with Crippen molar-refractivity contribution in [3.05, 3.63) is 42.1 Å². The standard InChI is InChI=1S/C17H24N4O/c1-14-18-7-9-21(14)13-16-4-3-8-20(12-16)11-15-5-6-17(22-2)19-10-15/h5-7,9-10,16H,3-4,8,11-13H2,1-2H3/t16-/m0/s1. The van der Waals surface area contributed by atoms with Crippen molar-refractivity contribution < 1.29 is 4.74 Å². The molecule has 3 heterocycles. The third-order valence-electron chi connectivity index (χ3n) is 4.39. The molecular weight excluding hydrogens is 276 g/mol. The first-order valence-corrected chi connectivity index (χ1v) is 7.93. The van der Waals surface area contributed by atoms with Gasteiger partial charge in [-0.15, -0.1) is 0 Å². The predicted molar refractivity (Wildman–Crippen MR) is 85.8 cm³/mol. The molecule has 0 unspecified atom stereocenters. The second-order valence-corrected chi connectivity index (χ2v) is 6.08. The molecule has 1 atom stereocenters. The fourth-order valence-corrected chi connectivity index (χ4v) is 3.20. The van der Waals surface area contributed by atoms with Crippen LogP contribution in [0.4, 0.5) is 0 Å². The first-order chi connectivity index (χ1) is 10.7. The second kappa shape index (κ2) is 6.92. The number of ether oxygens (including phenoxy) is 1. The van der Waals surface area contributed by atoms with Crippen LogP contribution in [-0.4, -0.2) is 39.6 Å². The third kappa shape index (κ3) is 3.65. The molecule has 0 spiro atoms. The highest BCUT2D eigenvalue weighted by Gasteiger charge is 2.20. The lowest BCUT2D eigenvalue weighted by molar-refractivity contribution is 0.155. The number of methoxy groups -OCH3 is 1. The number of aryl methyl sites for hydroxylation is 1. The van der Waals surface area contributed by atoms with E-state index in [4.69, 9.17) is 4.74 Å². The van der Waals surface area contributed by atoms with Crippen LogP contribution in [0.25, 0.3) is 0 Å². The largest absolute Gasteiger partial charge is 0.481 e. The van der Waals surface area contributed by atoms with Crippen LogP contribution in [-0.2, 0) is 13.1 Å². The van der Waals surface area contributed by atoms with Crippen LogP contribution >= 0.6 is 0 Å². The predicted octanol–water partition coefficient (Wildman–Crippen LogP) is 2.51. The monoisotopic (exact) mass is 300 g/mol. The SMILES string of the molecule is COc1ccc(CN2CCC[C@H](Cn3ccnc3C)C2)cn1. The molecule has 3 rings (SSSR count). The number of aromatic nitrogens is 3. The maximum atomic E-state index is 5.11. The minimum atomic E-state index is 0.677. The van der Waals surface area contributed by atoms with E-state index < -0.39 is 0 Å². The van der Waals surface area contributed by atoms with Crippen LogP contribution < -0.4 is 4.74 Å². The van der Waals surface area contributed by atoms with Crippen LogP contribution in [0, 0.1) is 12.8 Å². The zero-order chi connectivity index (χ0) is 15.4. The summed E-state index contributed by atoms with van der Waals surface area (Å²) in [7, 11) is 1.65. The summed E-state index contributed by atoms with van der Waals surface area (Å²) in [4.78, 5) is 11.1. The topological polar surface area (TPSA) is 43.2 Å². The number of piperidine rings is 1. The highest BCUT2D eigenvalue weighted by atomic mass is 16.5. The number of pyridine rings is 1. The van der Waals surface area contributed by atoms with Gasteiger partial charge in [0.2, 0.25) is 5.88 Å². The fraction of sp³-hybridized carbons (Fsp3) is 0.529. The molecule has 0 bridgehead atoms. The van der Waals surface area contributed by atoms with Gasteiger partial charge < -0.3 is 9.30 Å². The minimum Gasteiger partial charge on any atom is -0.481 e. The zero-order valence-corrected chi connectivity index (χ0v) is 13.4. The van der Waals surface area contributed by atoms with Crippen molar-refractivity contribution in [3.8, 4) is 5.88 Å². The van der Waals surface area contributed by atoms with Crippen LogP contribution in [0.15, 0.2) is 30.7 Å². The number of hydrogen-bond donors (Lipinski definition) is 0. The highest BCUT2D eigenvalue weighted by molar-refractivity contribution is 5.17. The first kappa shape index (κ1) is 15.0. The quantitative estimate of drug-likeness (QED) is 0.851. The van der Waals surface area contributed by atoms with Gasteiger partial charge in [-0.3, -0.25) is 4.90 Å². The number of rotatable bonds is 5. The van der Waals surface area contributed by atoms with Gasteiger partial charge >= 0.3 is 0 Å². The first-order valence-electron chi connectivity index (χ1n) is 7.93. The summed E-state index contributed by atoms with van der Waals surface area (Å²) in [6, 6.07) is 4.04. The Morgan fingerprint density at radius 2 is 2.23 bits per heavy atom. The van der Waals surface area contributed by atoms with E-state index in [1.165, 1.54) is 24.9 Å². The van der Waals surface area contributed by atoms with E-state index in [1.54, 1.807) is 7.11 Å². The summed E-state index contributed by atoms with van der Waals surface area (Å²) in [5, 5.41) is 0. The van der Waals surface area contributed by atoms with Crippen LogP contribution in [0.5, 0.6) is 5.88 Å². The van der Waals surface area contributed by atoms with Crippen molar-refractivity contribution in [2.45, 2.75) is 32.9 Å². The van der Waals surface area contributed by atoms with Crippen LogP contribution in [0.1, 0.15) is 24.2 Å². The molecule has 118 valence electrons. The van der Waals surface area contributed by atoms with E-state index >= 15 is 0 Å². The van der Waals surface area contributed by atoms with E-state index in [0.29, 0.717) is 11.8 Å². The normalized spacial score (nSPS) is 19.3. The zero-order valence-electron chi connectivity index (χ0n) is 13.4. The fourth-order valence-electron chi connectivity index (χ4n) is 3.20. The lowest BCUT2D eigenvalue weighted by Gasteiger charge is -2.33. The molecule has 0 radical (unpaired) electrons. The molecule has 1 saturated heterocycles. The molecule has 1 aliphatic rings. The summed E-state index contributed by atoms with van der Waals surface area (Å²) in [6.45, 7) is 6.43. The molecule has 0 saturated carbocycles. The Labute approximate surface area is 131 Å². The lowest BCUT2D eigenvalue weighted by Crippen LogP contribution is -2.36. The van der Waals surface area contributed by atoms with E-state index in [1.807, 2.05) is 18.5 Å². The molecule has 0 aliphatic carbocycles. The molecule has 2 aromatic heterocycles. The van der Waals surface area contributed by atoms with Gasteiger partial charge in [-0.2, -0.15) is 0 Å². The average Bonchev–Trinajstić information content (AvgIpc) is 2.94. The van der Waals surface area contributed by atoms with Gasteiger partial charge in [0, 0.05) is 44.3 Å². The summed E-state index contributed by atoms with van der Waals surface area (Å²) < 4.78 is 7.38. The molecule has 0 amide bonds. The second-order valence-electron chi connectivity index (χ2n) is 6.08. The number of hydrogen-bond acceptors (Lipinski definition) is 4. The van der Waals surface area contributed by atoms with Crippen molar-refractivity contribution in [3.63, 3.8) is 0 Å². The van der Waals surface area contributed by atoms with E-state index in [9.17, 15) is 0 Å². The molecule has 5 heteroatoms. The van der Waals surface area contributed by atoms with Crippen molar-refractivity contribution in [2.24, 2.45) is 5.92 Å². The van der Waals surface area contributed by atoms with Gasteiger partial charge in [-0.25, -0.2) is 9.97 Å². The molecule has 0 aromatic carbocycles. The number of likely N-dealkylation sites (tertiary alicyclic amines) is 1. The molecule has 1 fully saturated rings. The van der Waals surface area contributed by atoms with E-state index in [-0.39, 0.29) is 0 Å². The summed E-state index contributed by atoms with van der Waals surface area (Å²) in [6.07, 6.45) is 8.46. The van der Waals surface area contributed by atoms with Gasteiger partial charge in [-0.05, 0) is 37.8 Å². The average molecular weight is 300 g/mol. The van der Waals surface area contributed by atoms with Gasteiger partial charge in [0.05, 0.1) is 7.11 Å². The number of imidazole rings is 1. The smallest absolute Gasteiger partial charge is 0.212 e. The molecule has 1 aliphatic heterocycles. The van der Waals surface area contributed by atoms with E-state index in [0.717, 1.165) is 25.5 Å². The van der Waals surface area contributed by atoms with Crippen molar-refractivity contribution in [1.29, 1.82) is 0 Å². The molecule has 5 nitrogen and oxygen atoms in total. The Bertz CT molecular complexity index is 593. The maximum absolute atomic E-state index is 5.11. The van der Waals surface area contributed by atoms with Gasteiger partial charge in [0.1, 0.15) is 5.82 Å². The Hall–Kier alpha value is -1.88. The van der Waals surface area contributed by atoms with Crippen molar-refractivity contribution >= 4 is 0 Å². The van der Waals surface area contributed by atoms with Crippen molar-refractivity contribution in [1.82, 2.24) is 19.4 Å².